The molecule has 0 aliphatic rings. The maximum Gasteiger partial charge on any atom is 0.422 e. The van der Waals surface area contributed by atoms with Crippen LogP contribution < -0.4 is 10.1 Å². The fourth-order valence-electron chi connectivity index (χ4n) is 1.95. The van der Waals surface area contributed by atoms with Crippen molar-refractivity contribution in [3.05, 3.63) is 54.0 Å². The van der Waals surface area contributed by atoms with Crippen molar-refractivity contribution in [3.8, 4) is 5.75 Å². The molecule has 0 amide bonds. The summed E-state index contributed by atoms with van der Waals surface area (Å²) in [5, 5.41) is 11.9. The third-order valence-electron chi connectivity index (χ3n) is 3.06. The van der Waals surface area contributed by atoms with E-state index in [-0.39, 0.29) is 5.75 Å². The molecule has 0 aliphatic heterocycles. The predicted octanol–water partition coefficient (Wildman–Crippen LogP) is 4.98. The van der Waals surface area contributed by atoms with Gasteiger partial charge < -0.3 is 14.5 Å². The molecule has 0 radical (unpaired) electrons. The molecule has 0 saturated heterocycles. The molecule has 0 atom stereocenters. The molecule has 138 valence electrons. The molecule has 3 rings (SSSR count). The van der Waals surface area contributed by atoms with Crippen molar-refractivity contribution in [2.75, 3.05) is 11.9 Å². The summed E-state index contributed by atoms with van der Waals surface area (Å²) >= 11 is 2.85. The van der Waals surface area contributed by atoms with E-state index in [4.69, 9.17) is 9.15 Å². The Bertz CT molecular complexity index is 822. The topological polar surface area (TPSA) is 60.2 Å². The minimum atomic E-state index is -4.35. The normalized spacial score (nSPS) is 11.5. The zero-order valence-corrected chi connectivity index (χ0v) is 15.0. The Balaban J connectivity index is 1.49. The van der Waals surface area contributed by atoms with E-state index in [1.165, 1.54) is 29.2 Å². The summed E-state index contributed by atoms with van der Waals surface area (Å²) in [6, 6.07) is 10.3. The van der Waals surface area contributed by atoms with Gasteiger partial charge in [0.2, 0.25) is 5.13 Å². The number of hydrogen-bond acceptors (Lipinski definition) is 7. The zero-order chi connectivity index (χ0) is 18.4. The number of furan rings is 1. The van der Waals surface area contributed by atoms with E-state index < -0.39 is 12.8 Å². The van der Waals surface area contributed by atoms with Crippen LogP contribution in [0.15, 0.2) is 51.4 Å². The van der Waals surface area contributed by atoms with Gasteiger partial charge in [-0.1, -0.05) is 35.2 Å². The second-order valence-corrected chi connectivity index (χ2v) is 7.35. The van der Waals surface area contributed by atoms with Crippen molar-refractivity contribution < 1.29 is 22.3 Å². The van der Waals surface area contributed by atoms with Gasteiger partial charge in [-0.3, -0.25) is 0 Å². The molecule has 0 bridgehead atoms. The fourth-order valence-corrected chi connectivity index (χ4v) is 3.64. The number of thioether (sulfide) groups is 1. The smallest absolute Gasteiger partial charge is 0.422 e. The standard InChI is InChI=1S/C16H14F3N3O2S2/c17-16(18,19)10-24-12-4-1-3-11(7-12)9-25-15-22-21-14(26-15)20-8-13-5-2-6-23-13/h1-7H,8-10H2,(H,20,21). The van der Waals surface area contributed by atoms with Gasteiger partial charge in [0.1, 0.15) is 11.5 Å². The van der Waals surface area contributed by atoms with Gasteiger partial charge in [0.05, 0.1) is 12.8 Å². The Morgan fingerprint density at radius 3 is 2.85 bits per heavy atom. The first-order chi connectivity index (χ1) is 12.5. The minimum absolute atomic E-state index is 0.193. The monoisotopic (exact) mass is 401 g/mol. The SMILES string of the molecule is FC(F)(F)COc1cccc(CSc2nnc(NCc3ccco3)s2)c1. The molecule has 0 spiro atoms. The van der Waals surface area contributed by atoms with Crippen molar-refractivity contribution in [3.63, 3.8) is 0 Å². The van der Waals surface area contributed by atoms with Crippen molar-refractivity contribution in [1.82, 2.24) is 10.2 Å². The zero-order valence-electron chi connectivity index (χ0n) is 13.3. The highest BCUT2D eigenvalue weighted by Crippen LogP contribution is 2.29. The maximum absolute atomic E-state index is 12.2. The van der Waals surface area contributed by atoms with Crippen molar-refractivity contribution in [1.29, 1.82) is 0 Å². The molecular formula is C16H14F3N3O2S2. The molecule has 3 aromatic rings. The molecule has 0 fully saturated rings. The number of aromatic nitrogens is 2. The van der Waals surface area contributed by atoms with Crippen LogP contribution in [0.3, 0.4) is 0 Å². The van der Waals surface area contributed by atoms with Crippen LogP contribution in [0.5, 0.6) is 5.75 Å². The van der Waals surface area contributed by atoms with Crippen LogP contribution in [0.2, 0.25) is 0 Å². The van der Waals surface area contributed by atoms with Gasteiger partial charge in [-0.15, -0.1) is 10.2 Å². The first kappa shape index (κ1) is 18.6. The lowest BCUT2D eigenvalue weighted by atomic mass is 10.2. The Morgan fingerprint density at radius 2 is 2.08 bits per heavy atom. The lowest BCUT2D eigenvalue weighted by Gasteiger charge is -2.09. The Labute approximate surface area is 155 Å². The lowest BCUT2D eigenvalue weighted by Crippen LogP contribution is -2.19. The molecular weight excluding hydrogens is 387 g/mol. The van der Waals surface area contributed by atoms with Gasteiger partial charge in [-0.2, -0.15) is 13.2 Å². The lowest BCUT2D eigenvalue weighted by molar-refractivity contribution is -0.153. The van der Waals surface area contributed by atoms with Crippen molar-refractivity contribution in [2.24, 2.45) is 0 Å². The first-order valence-corrected chi connectivity index (χ1v) is 9.29. The molecule has 0 aliphatic carbocycles. The summed E-state index contributed by atoms with van der Waals surface area (Å²) in [4.78, 5) is 0. The summed E-state index contributed by atoms with van der Waals surface area (Å²) in [7, 11) is 0. The highest BCUT2D eigenvalue weighted by molar-refractivity contribution is 8.00. The van der Waals surface area contributed by atoms with Crippen LogP contribution in [0.25, 0.3) is 0 Å². The third-order valence-corrected chi connectivity index (χ3v) is 5.15. The number of ether oxygens (including phenoxy) is 1. The van der Waals surface area contributed by atoms with Gasteiger partial charge in [-0.25, -0.2) is 0 Å². The van der Waals surface area contributed by atoms with Gasteiger partial charge in [0, 0.05) is 5.75 Å². The Morgan fingerprint density at radius 1 is 1.19 bits per heavy atom. The van der Waals surface area contributed by atoms with E-state index in [0.29, 0.717) is 17.4 Å². The summed E-state index contributed by atoms with van der Waals surface area (Å²) < 4.78 is 47.4. The molecule has 2 aromatic heterocycles. The maximum atomic E-state index is 12.2. The average molecular weight is 401 g/mol. The van der Waals surface area contributed by atoms with Crippen LogP contribution in [0, 0.1) is 0 Å². The molecule has 5 nitrogen and oxygen atoms in total. The van der Waals surface area contributed by atoms with E-state index in [0.717, 1.165) is 15.7 Å². The van der Waals surface area contributed by atoms with E-state index >= 15 is 0 Å². The number of alkyl halides is 3. The molecule has 1 aromatic carbocycles. The molecule has 0 saturated carbocycles. The molecule has 0 unspecified atom stereocenters. The third kappa shape index (κ3) is 5.95. The van der Waals surface area contributed by atoms with E-state index in [1.54, 1.807) is 18.4 Å². The number of halogens is 3. The number of benzene rings is 1. The summed E-state index contributed by atoms with van der Waals surface area (Å²) in [5.41, 5.74) is 0.843. The molecule has 10 heteroatoms. The van der Waals surface area contributed by atoms with Crippen molar-refractivity contribution in [2.45, 2.75) is 22.8 Å². The second-order valence-electron chi connectivity index (χ2n) is 5.15. The van der Waals surface area contributed by atoms with Crippen molar-refractivity contribution >= 4 is 28.2 Å². The number of hydrogen-bond donors (Lipinski definition) is 1. The Kier molecular flexibility index (Phi) is 6.04. The fraction of sp³-hybridized carbons (Fsp3) is 0.250. The average Bonchev–Trinajstić information content (AvgIpc) is 3.28. The van der Waals surface area contributed by atoms with Gasteiger partial charge in [-0.05, 0) is 29.8 Å². The predicted molar refractivity (Wildman–Crippen MR) is 93.5 cm³/mol. The summed E-state index contributed by atoms with van der Waals surface area (Å²) in [5.74, 6) is 1.54. The molecule has 1 N–H and O–H groups in total. The van der Waals surface area contributed by atoms with Crippen LogP contribution in [-0.4, -0.2) is 23.0 Å². The summed E-state index contributed by atoms with van der Waals surface area (Å²) in [6.07, 6.45) is -2.75. The van der Waals surface area contributed by atoms with Crippen LogP contribution in [-0.2, 0) is 12.3 Å². The highest BCUT2D eigenvalue weighted by atomic mass is 32.2. The number of rotatable bonds is 8. The van der Waals surface area contributed by atoms with Crippen LogP contribution in [0.4, 0.5) is 18.3 Å². The second kappa shape index (κ2) is 8.45. The summed E-state index contributed by atoms with van der Waals surface area (Å²) in [6.45, 7) is -0.782. The van der Waals surface area contributed by atoms with Crippen LogP contribution >= 0.6 is 23.1 Å². The molecule has 2 heterocycles. The van der Waals surface area contributed by atoms with E-state index in [9.17, 15) is 13.2 Å². The van der Waals surface area contributed by atoms with Gasteiger partial charge in [0.25, 0.3) is 0 Å². The van der Waals surface area contributed by atoms with Gasteiger partial charge in [0.15, 0.2) is 10.9 Å². The largest absolute Gasteiger partial charge is 0.484 e. The quantitative estimate of drug-likeness (QED) is 0.538. The minimum Gasteiger partial charge on any atom is -0.484 e. The number of anilines is 1. The highest BCUT2D eigenvalue weighted by Gasteiger charge is 2.28. The Hall–Kier alpha value is -2.20. The first-order valence-electron chi connectivity index (χ1n) is 7.49. The number of nitrogens with one attached hydrogen (secondary N) is 1. The molecule has 26 heavy (non-hydrogen) atoms. The van der Waals surface area contributed by atoms with E-state index in [2.05, 4.69) is 15.5 Å². The van der Waals surface area contributed by atoms with Crippen LogP contribution in [0.1, 0.15) is 11.3 Å². The van der Waals surface area contributed by atoms with E-state index in [1.807, 2.05) is 18.2 Å². The van der Waals surface area contributed by atoms with Gasteiger partial charge >= 0.3 is 6.18 Å². The number of nitrogens with zero attached hydrogens (tertiary/aromatic N) is 2.